The number of aromatic nitrogens is 2. The third-order valence-corrected chi connectivity index (χ3v) is 5.41. The van der Waals surface area contributed by atoms with Crippen molar-refractivity contribution < 1.29 is 5.11 Å². The second-order valence-corrected chi connectivity index (χ2v) is 7.27. The van der Waals surface area contributed by atoms with Crippen LogP contribution in [0.1, 0.15) is 13.3 Å². The summed E-state index contributed by atoms with van der Waals surface area (Å²) in [5.74, 6) is 0.696. The number of benzene rings is 2. The third-order valence-electron chi connectivity index (χ3n) is 5.41. The van der Waals surface area contributed by atoms with Crippen molar-refractivity contribution in [1.29, 1.82) is 0 Å². The van der Waals surface area contributed by atoms with Gasteiger partial charge >= 0.3 is 0 Å². The van der Waals surface area contributed by atoms with Crippen LogP contribution in [0.15, 0.2) is 65.6 Å². The Morgan fingerprint density at radius 3 is 2.54 bits per heavy atom. The maximum Gasteiger partial charge on any atom is 0.293 e. The van der Waals surface area contributed by atoms with Crippen molar-refractivity contribution in [3.05, 3.63) is 71.1 Å². The number of anilines is 1. The molecule has 2 heterocycles. The molecule has 0 unspecified atom stereocenters. The summed E-state index contributed by atoms with van der Waals surface area (Å²) in [6, 6.07) is 18.5. The Balaban J connectivity index is 1.76. The van der Waals surface area contributed by atoms with Crippen LogP contribution in [-0.4, -0.2) is 34.4 Å². The Morgan fingerprint density at radius 2 is 1.82 bits per heavy atom. The van der Waals surface area contributed by atoms with Gasteiger partial charge in [0.15, 0.2) is 5.82 Å². The van der Waals surface area contributed by atoms with Gasteiger partial charge in [0.2, 0.25) is 0 Å². The Bertz CT molecular complexity index is 1010. The molecule has 2 aromatic carbocycles. The maximum absolute atomic E-state index is 12.9. The first kappa shape index (κ1) is 18.4. The molecule has 0 amide bonds. The molecule has 0 spiro atoms. The van der Waals surface area contributed by atoms with Gasteiger partial charge in [0.25, 0.3) is 5.56 Å². The number of aliphatic hydroxyl groups is 1. The lowest BCUT2D eigenvalue weighted by atomic mass is 10.0. The second kappa shape index (κ2) is 7.98. The zero-order valence-electron chi connectivity index (χ0n) is 16.1. The van der Waals surface area contributed by atoms with E-state index in [2.05, 4.69) is 24.3 Å². The van der Waals surface area contributed by atoms with Gasteiger partial charge in [-0.2, -0.15) is 0 Å². The number of rotatable bonds is 5. The highest BCUT2D eigenvalue weighted by Crippen LogP contribution is 2.27. The van der Waals surface area contributed by atoms with Crippen LogP contribution in [0.4, 0.5) is 5.82 Å². The minimum absolute atomic E-state index is 0.0657. The molecule has 0 bridgehead atoms. The Morgan fingerprint density at radius 1 is 1.07 bits per heavy atom. The molecule has 144 valence electrons. The summed E-state index contributed by atoms with van der Waals surface area (Å²) in [5, 5.41) is 9.44. The second-order valence-electron chi connectivity index (χ2n) is 7.27. The quantitative estimate of drug-likeness (QED) is 0.742. The van der Waals surface area contributed by atoms with E-state index in [1.807, 2.05) is 48.4 Å². The number of hydrogen-bond donors (Lipinski definition) is 1. The van der Waals surface area contributed by atoms with Crippen molar-refractivity contribution in [3.8, 4) is 22.4 Å². The molecule has 1 aromatic heterocycles. The predicted octanol–water partition coefficient (Wildman–Crippen LogP) is 3.42. The normalized spacial score (nSPS) is 16.5. The fourth-order valence-electron chi connectivity index (χ4n) is 3.77. The highest BCUT2D eigenvalue weighted by molar-refractivity contribution is 5.71. The largest absolute Gasteiger partial charge is 0.396 e. The summed E-state index contributed by atoms with van der Waals surface area (Å²) in [7, 11) is 0. The summed E-state index contributed by atoms with van der Waals surface area (Å²) in [5.41, 5.74) is 3.99. The smallest absolute Gasteiger partial charge is 0.293 e. The van der Waals surface area contributed by atoms with E-state index in [0.29, 0.717) is 18.9 Å². The summed E-state index contributed by atoms with van der Waals surface area (Å²) < 4.78 is 1.72. The van der Waals surface area contributed by atoms with Crippen LogP contribution in [0, 0.1) is 5.92 Å². The predicted molar refractivity (Wildman–Crippen MR) is 112 cm³/mol. The van der Waals surface area contributed by atoms with Crippen LogP contribution in [0.2, 0.25) is 0 Å². The molecular weight excluding hydrogens is 350 g/mol. The Labute approximate surface area is 164 Å². The van der Waals surface area contributed by atoms with Crippen LogP contribution in [0.25, 0.3) is 22.4 Å². The molecule has 1 atom stereocenters. The molecule has 1 N–H and O–H groups in total. The van der Waals surface area contributed by atoms with Crippen LogP contribution in [0.3, 0.4) is 0 Å². The van der Waals surface area contributed by atoms with Crippen molar-refractivity contribution in [1.82, 2.24) is 9.55 Å². The van der Waals surface area contributed by atoms with Crippen molar-refractivity contribution in [2.45, 2.75) is 19.9 Å². The van der Waals surface area contributed by atoms with Gasteiger partial charge in [0, 0.05) is 43.9 Å². The first-order valence-corrected chi connectivity index (χ1v) is 9.82. The van der Waals surface area contributed by atoms with E-state index < -0.39 is 0 Å². The van der Waals surface area contributed by atoms with Crippen LogP contribution in [0.5, 0.6) is 0 Å². The van der Waals surface area contributed by atoms with E-state index in [-0.39, 0.29) is 18.1 Å². The van der Waals surface area contributed by atoms with E-state index in [1.54, 1.807) is 4.57 Å². The van der Waals surface area contributed by atoms with Gasteiger partial charge in [0.1, 0.15) is 0 Å². The molecule has 5 nitrogen and oxygen atoms in total. The molecule has 0 saturated carbocycles. The molecule has 0 radical (unpaired) electrons. The lowest BCUT2D eigenvalue weighted by Gasteiger charge is -2.19. The average Bonchev–Trinajstić information content (AvgIpc) is 3.24. The summed E-state index contributed by atoms with van der Waals surface area (Å²) in [6.07, 6.45) is 2.73. The van der Waals surface area contributed by atoms with Crippen LogP contribution >= 0.6 is 0 Å². The zero-order chi connectivity index (χ0) is 19.5. The summed E-state index contributed by atoms with van der Waals surface area (Å²) >= 11 is 0. The average molecular weight is 375 g/mol. The van der Waals surface area contributed by atoms with Crippen molar-refractivity contribution >= 4 is 5.82 Å². The van der Waals surface area contributed by atoms with Crippen molar-refractivity contribution in [3.63, 3.8) is 0 Å². The van der Waals surface area contributed by atoms with Crippen molar-refractivity contribution in [2.75, 3.05) is 24.6 Å². The molecule has 4 rings (SSSR count). The molecule has 28 heavy (non-hydrogen) atoms. The first-order valence-electron chi connectivity index (χ1n) is 9.82. The van der Waals surface area contributed by atoms with Gasteiger partial charge in [-0.05, 0) is 30.5 Å². The highest BCUT2D eigenvalue weighted by atomic mass is 16.3. The standard InChI is InChI=1S/C23H25N3O2/c1-2-25-15-21(24-22(23(25)28)26-12-11-17(14-26)16-27)20-10-6-9-19(13-20)18-7-4-3-5-8-18/h3-10,13,15,17,27H,2,11-12,14,16H2,1H3/t17-/m1/s1. The van der Waals surface area contributed by atoms with Crippen molar-refractivity contribution in [2.24, 2.45) is 5.92 Å². The van der Waals surface area contributed by atoms with Gasteiger partial charge in [-0.1, -0.05) is 48.5 Å². The third kappa shape index (κ3) is 3.58. The molecule has 1 fully saturated rings. The van der Waals surface area contributed by atoms with E-state index in [1.165, 1.54) is 0 Å². The lowest BCUT2D eigenvalue weighted by Crippen LogP contribution is -2.32. The first-order chi connectivity index (χ1) is 13.7. The van der Waals surface area contributed by atoms with Gasteiger partial charge in [-0.25, -0.2) is 4.98 Å². The topological polar surface area (TPSA) is 58.4 Å². The molecule has 1 aliphatic rings. The molecule has 5 heteroatoms. The molecular formula is C23H25N3O2. The van der Waals surface area contributed by atoms with Crippen LogP contribution < -0.4 is 10.5 Å². The van der Waals surface area contributed by atoms with E-state index in [9.17, 15) is 9.90 Å². The lowest BCUT2D eigenvalue weighted by molar-refractivity contribution is 0.238. The fraction of sp³-hybridized carbons (Fsp3) is 0.304. The van der Waals surface area contributed by atoms with Gasteiger partial charge < -0.3 is 14.6 Å². The van der Waals surface area contributed by atoms with E-state index >= 15 is 0 Å². The highest BCUT2D eigenvalue weighted by Gasteiger charge is 2.25. The van der Waals surface area contributed by atoms with Gasteiger partial charge in [-0.15, -0.1) is 0 Å². The monoisotopic (exact) mass is 375 g/mol. The minimum Gasteiger partial charge on any atom is -0.396 e. The number of hydrogen-bond acceptors (Lipinski definition) is 4. The van der Waals surface area contributed by atoms with Gasteiger partial charge in [0.05, 0.1) is 5.69 Å². The van der Waals surface area contributed by atoms with Crippen LogP contribution in [-0.2, 0) is 6.54 Å². The number of aliphatic hydroxyl groups excluding tert-OH is 1. The fourth-order valence-corrected chi connectivity index (χ4v) is 3.77. The number of aryl methyl sites for hydroxylation is 1. The molecule has 3 aromatic rings. The minimum atomic E-state index is -0.0657. The Kier molecular flexibility index (Phi) is 5.26. The summed E-state index contributed by atoms with van der Waals surface area (Å²) in [4.78, 5) is 19.6. The molecule has 0 aliphatic carbocycles. The van der Waals surface area contributed by atoms with E-state index in [0.717, 1.165) is 35.3 Å². The molecule has 1 aliphatic heterocycles. The van der Waals surface area contributed by atoms with E-state index in [4.69, 9.17) is 4.98 Å². The SMILES string of the molecule is CCn1cc(-c2cccc(-c3ccccc3)c2)nc(N2CC[C@@H](CO)C2)c1=O. The Hall–Kier alpha value is -2.92. The number of nitrogens with zero attached hydrogens (tertiary/aromatic N) is 3. The molecule has 1 saturated heterocycles. The zero-order valence-corrected chi connectivity index (χ0v) is 16.1. The van der Waals surface area contributed by atoms with Gasteiger partial charge in [-0.3, -0.25) is 4.79 Å². The summed E-state index contributed by atoms with van der Waals surface area (Å²) in [6.45, 7) is 4.14. The maximum atomic E-state index is 12.9.